The maximum absolute atomic E-state index is 11.2. The highest BCUT2D eigenvalue weighted by Gasteiger charge is 2.22. The summed E-state index contributed by atoms with van der Waals surface area (Å²) >= 11 is 0. The van der Waals surface area contributed by atoms with Gasteiger partial charge in [0.1, 0.15) is 0 Å². The number of nitrogens with two attached hydrogens (primary N) is 1. The number of anilines is 1. The Morgan fingerprint density at radius 1 is 1.46 bits per heavy atom. The van der Waals surface area contributed by atoms with E-state index in [-0.39, 0.29) is 17.5 Å². The van der Waals surface area contributed by atoms with E-state index in [0.29, 0.717) is 12.1 Å². The number of hydrogen-bond acceptors (Lipinski definition) is 5. The Morgan fingerprint density at radius 2 is 2.23 bits per heavy atom. The summed E-state index contributed by atoms with van der Waals surface area (Å²) in [6.45, 7) is 0. The Hall–Kier alpha value is -1.17. The van der Waals surface area contributed by atoms with Gasteiger partial charge >= 0.3 is 0 Å². The minimum atomic E-state index is -2.96. The summed E-state index contributed by atoms with van der Waals surface area (Å²) in [6, 6.07) is 0. The molecule has 1 aromatic heterocycles. The topological polar surface area (TPSA) is 85.9 Å². The molecule has 70 valence electrons. The molecule has 6 heteroatoms. The average molecular weight is 199 g/mol. The van der Waals surface area contributed by atoms with Crippen molar-refractivity contribution >= 4 is 15.8 Å². The standard InChI is InChI=1S/C7H9N3O2S/c8-7-9-3-5-1-2-13(11,12)4-6(5)10-7/h3H,1-2,4H2,(H2,8,9,10). The number of sulfone groups is 1. The van der Waals surface area contributed by atoms with Crippen molar-refractivity contribution in [3.8, 4) is 0 Å². The van der Waals surface area contributed by atoms with Crippen LogP contribution in [0.2, 0.25) is 0 Å². The zero-order valence-electron chi connectivity index (χ0n) is 6.90. The van der Waals surface area contributed by atoms with Crippen molar-refractivity contribution in [1.82, 2.24) is 9.97 Å². The first-order chi connectivity index (χ1) is 6.07. The summed E-state index contributed by atoms with van der Waals surface area (Å²) in [6.07, 6.45) is 2.10. The van der Waals surface area contributed by atoms with Crippen LogP contribution < -0.4 is 5.73 Å². The lowest BCUT2D eigenvalue weighted by atomic mass is 10.2. The van der Waals surface area contributed by atoms with E-state index in [9.17, 15) is 8.42 Å². The third-order valence-corrected chi connectivity index (χ3v) is 3.55. The summed E-state index contributed by atoms with van der Waals surface area (Å²) in [4.78, 5) is 7.71. The van der Waals surface area contributed by atoms with Crippen LogP contribution >= 0.6 is 0 Å². The molecule has 0 spiro atoms. The van der Waals surface area contributed by atoms with Crippen LogP contribution in [0.25, 0.3) is 0 Å². The molecule has 0 fully saturated rings. The van der Waals surface area contributed by atoms with E-state index in [1.54, 1.807) is 6.20 Å². The van der Waals surface area contributed by atoms with Gasteiger partial charge in [-0.3, -0.25) is 0 Å². The van der Waals surface area contributed by atoms with Gasteiger partial charge in [0.25, 0.3) is 0 Å². The molecule has 5 nitrogen and oxygen atoms in total. The molecule has 2 N–H and O–H groups in total. The molecule has 1 aromatic rings. The van der Waals surface area contributed by atoms with Gasteiger partial charge < -0.3 is 5.73 Å². The van der Waals surface area contributed by atoms with Crippen LogP contribution in [-0.2, 0) is 22.0 Å². The Morgan fingerprint density at radius 3 is 3.00 bits per heavy atom. The molecule has 2 heterocycles. The molecule has 1 aliphatic heterocycles. The summed E-state index contributed by atoms with van der Waals surface area (Å²) in [7, 11) is -2.96. The van der Waals surface area contributed by atoms with Gasteiger partial charge in [-0.05, 0) is 12.0 Å². The van der Waals surface area contributed by atoms with Gasteiger partial charge in [-0.2, -0.15) is 0 Å². The van der Waals surface area contributed by atoms with E-state index in [4.69, 9.17) is 5.73 Å². The maximum atomic E-state index is 11.2. The molecule has 13 heavy (non-hydrogen) atoms. The van der Waals surface area contributed by atoms with Gasteiger partial charge in [0.15, 0.2) is 9.84 Å². The quantitative estimate of drug-likeness (QED) is 0.610. The molecule has 0 unspecified atom stereocenters. The van der Waals surface area contributed by atoms with Gasteiger partial charge in [0, 0.05) is 6.20 Å². The Labute approximate surface area is 75.9 Å². The predicted octanol–water partition coefficient (Wildman–Crippen LogP) is -0.470. The van der Waals surface area contributed by atoms with Crippen molar-refractivity contribution < 1.29 is 8.42 Å². The first kappa shape index (κ1) is 8.43. The molecule has 0 amide bonds. The number of rotatable bonds is 0. The predicted molar refractivity (Wildman–Crippen MR) is 47.6 cm³/mol. The molecule has 0 radical (unpaired) electrons. The number of hydrogen-bond donors (Lipinski definition) is 1. The first-order valence-electron chi connectivity index (χ1n) is 3.87. The van der Waals surface area contributed by atoms with Crippen LogP contribution in [0.4, 0.5) is 5.95 Å². The Bertz CT molecular complexity index is 441. The minimum absolute atomic E-state index is 0.00491. The number of nitrogens with zero attached hydrogens (tertiary/aromatic N) is 2. The second-order valence-electron chi connectivity index (χ2n) is 3.04. The van der Waals surface area contributed by atoms with E-state index in [0.717, 1.165) is 5.56 Å². The van der Waals surface area contributed by atoms with Crippen molar-refractivity contribution in [2.45, 2.75) is 12.2 Å². The summed E-state index contributed by atoms with van der Waals surface area (Å²) in [5.74, 6) is 0.318. The lowest BCUT2D eigenvalue weighted by Gasteiger charge is -2.14. The molecular formula is C7H9N3O2S. The van der Waals surface area contributed by atoms with Crippen LogP contribution in [0.1, 0.15) is 11.3 Å². The van der Waals surface area contributed by atoms with Gasteiger partial charge in [-0.1, -0.05) is 0 Å². The van der Waals surface area contributed by atoms with Crippen molar-refractivity contribution in [1.29, 1.82) is 0 Å². The smallest absolute Gasteiger partial charge is 0.220 e. The molecule has 1 aliphatic rings. The van der Waals surface area contributed by atoms with E-state index in [2.05, 4.69) is 9.97 Å². The highest BCUT2D eigenvalue weighted by Crippen LogP contribution is 2.18. The Kier molecular flexibility index (Phi) is 1.73. The minimum Gasteiger partial charge on any atom is -0.368 e. The van der Waals surface area contributed by atoms with Crippen molar-refractivity contribution in [2.75, 3.05) is 11.5 Å². The van der Waals surface area contributed by atoms with E-state index >= 15 is 0 Å². The normalized spacial score (nSPS) is 19.4. The van der Waals surface area contributed by atoms with Crippen molar-refractivity contribution in [3.63, 3.8) is 0 Å². The van der Waals surface area contributed by atoms with E-state index < -0.39 is 9.84 Å². The summed E-state index contributed by atoms with van der Waals surface area (Å²) < 4.78 is 22.4. The third-order valence-electron chi connectivity index (χ3n) is 2.01. The van der Waals surface area contributed by atoms with Crippen LogP contribution in [0.15, 0.2) is 6.20 Å². The van der Waals surface area contributed by atoms with Crippen LogP contribution in [0.3, 0.4) is 0 Å². The first-order valence-corrected chi connectivity index (χ1v) is 5.70. The van der Waals surface area contributed by atoms with Crippen LogP contribution in [-0.4, -0.2) is 24.1 Å². The Balaban J connectivity index is 2.50. The monoisotopic (exact) mass is 199 g/mol. The fraction of sp³-hybridized carbons (Fsp3) is 0.429. The lowest BCUT2D eigenvalue weighted by molar-refractivity contribution is 0.590. The van der Waals surface area contributed by atoms with Gasteiger partial charge in [0.05, 0.1) is 17.2 Å². The second kappa shape index (κ2) is 2.66. The lowest BCUT2D eigenvalue weighted by Crippen LogP contribution is -2.21. The highest BCUT2D eigenvalue weighted by molar-refractivity contribution is 7.90. The molecular weight excluding hydrogens is 190 g/mol. The molecule has 2 rings (SSSR count). The van der Waals surface area contributed by atoms with E-state index in [1.807, 2.05) is 0 Å². The molecule has 0 aliphatic carbocycles. The number of nitrogen functional groups attached to an aromatic ring is 1. The van der Waals surface area contributed by atoms with Crippen LogP contribution in [0, 0.1) is 0 Å². The zero-order chi connectivity index (χ0) is 9.47. The third kappa shape index (κ3) is 1.62. The maximum Gasteiger partial charge on any atom is 0.220 e. The highest BCUT2D eigenvalue weighted by atomic mass is 32.2. The summed E-state index contributed by atoms with van der Waals surface area (Å²) in [5.41, 5.74) is 6.80. The number of aromatic nitrogens is 2. The molecule has 0 saturated carbocycles. The largest absolute Gasteiger partial charge is 0.368 e. The SMILES string of the molecule is Nc1ncc2c(n1)CS(=O)(=O)CC2. The molecule has 0 atom stereocenters. The second-order valence-corrected chi connectivity index (χ2v) is 5.23. The molecule has 0 saturated heterocycles. The molecule has 0 aromatic carbocycles. The fourth-order valence-corrected chi connectivity index (χ4v) is 2.68. The summed E-state index contributed by atoms with van der Waals surface area (Å²) in [5, 5.41) is 0. The van der Waals surface area contributed by atoms with Crippen LogP contribution in [0.5, 0.6) is 0 Å². The number of aryl methyl sites for hydroxylation is 1. The van der Waals surface area contributed by atoms with E-state index in [1.165, 1.54) is 0 Å². The zero-order valence-corrected chi connectivity index (χ0v) is 7.71. The van der Waals surface area contributed by atoms with Gasteiger partial charge in [0.2, 0.25) is 5.95 Å². The fourth-order valence-electron chi connectivity index (χ4n) is 1.34. The van der Waals surface area contributed by atoms with Crippen molar-refractivity contribution in [3.05, 3.63) is 17.5 Å². The van der Waals surface area contributed by atoms with Crippen molar-refractivity contribution in [2.24, 2.45) is 0 Å². The average Bonchev–Trinajstić information content (AvgIpc) is 2.01. The van der Waals surface area contributed by atoms with Gasteiger partial charge in [-0.25, -0.2) is 18.4 Å². The number of fused-ring (bicyclic) bond motifs is 1. The molecule has 0 bridgehead atoms. The van der Waals surface area contributed by atoms with Gasteiger partial charge in [-0.15, -0.1) is 0 Å².